The molecule has 1 aromatic heterocycles. The van der Waals surface area contributed by atoms with E-state index in [-0.39, 0.29) is 17.9 Å². The fourth-order valence-corrected chi connectivity index (χ4v) is 4.90. The van der Waals surface area contributed by atoms with Gasteiger partial charge in [0.05, 0.1) is 23.4 Å². The second-order valence-electron chi connectivity index (χ2n) is 6.26. The maximum absolute atomic E-state index is 12.6. The summed E-state index contributed by atoms with van der Waals surface area (Å²) in [4.78, 5) is 18.8. The minimum Gasteiger partial charge on any atom is -0.338 e. The van der Waals surface area contributed by atoms with Gasteiger partial charge >= 0.3 is 0 Å². The number of piperidine rings is 1. The number of amides is 1. The molecule has 6 nitrogen and oxygen atoms in total. The minimum atomic E-state index is -3.20. The average molecular weight is 343 g/mol. The Labute approximate surface area is 135 Å². The van der Waals surface area contributed by atoms with Crippen molar-refractivity contribution in [2.75, 3.05) is 25.9 Å². The molecule has 8 heteroatoms. The molecule has 0 unspecified atom stereocenters. The topological polar surface area (TPSA) is 70.6 Å². The molecule has 1 aromatic rings. The Hall–Kier alpha value is -0.990. The van der Waals surface area contributed by atoms with Gasteiger partial charge in [-0.25, -0.2) is 13.4 Å². The maximum atomic E-state index is 12.6. The molecular formula is C14H21N3O3S2. The summed E-state index contributed by atoms with van der Waals surface area (Å²) in [5.74, 6) is 0.310. The van der Waals surface area contributed by atoms with Crippen molar-refractivity contribution < 1.29 is 13.2 Å². The van der Waals surface area contributed by atoms with E-state index < -0.39 is 10.0 Å². The zero-order valence-electron chi connectivity index (χ0n) is 12.9. The van der Waals surface area contributed by atoms with E-state index in [0.717, 1.165) is 23.5 Å². The molecule has 4 rings (SSSR count). The first kappa shape index (κ1) is 15.9. The van der Waals surface area contributed by atoms with Crippen molar-refractivity contribution >= 4 is 27.3 Å². The van der Waals surface area contributed by atoms with E-state index in [1.54, 1.807) is 11.3 Å². The molecule has 3 fully saturated rings. The predicted molar refractivity (Wildman–Crippen MR) is 85.2 cm³/mol. The number of carbonyl (C=O) groups is 1. The van der Waals surface area contributed by atoms with Gasteiger partial charge < -0.3 is 4.90 Å². The summed E-state index contributed by atoms with van der Waals surface area (Å²) in [5.41, 5.74) is 0.813. The van der Waals surface area contributed by atoms with Crippen molar-refractivity contribution in [2.45, 2.75) is 32.2 Å². The molecule has 3 aliphatic rings. The van der Waals surface area contributed by atoms with E-state index in [4.69, 9.17) is 0 Å². The smallest absolute Gasteiger partial charge is 0.228 e. The van der Waals surface area contributed by atoms with Crippen molar-refractivity contribution in [3.05, 3.63) is 16.1 Å². The van der Waals surface area contributed by atoms with E-state index in [1.165, 1.54) is 10.6 Å². The first-order valence-electron chi connectivity index (χ1n) is 7.48. The van der Waals surface area contributed by atoms with Crippen molar-refractivity contribution in [1.29, 1.82) is 0 Å². The van der Waals surface area contributed by atoms with Crippen LogP contribution in [0.5, 0.6) is 0 Å². The van der Waals surface area contributed by atoms with Crippen LogP contribution in [-0.4, -0.2) is 60.4 Å². The van der Waals surface area contributed by atoms with Gasteiger partial charge in [-0.3, -0.25) is 4.79 Å². The van der Waals surface area contributed by atoms with Gasteiger partial charge in [0.2, 0.25) is 15.9 Å². The third kappa shape index (κ3) is 3.33. The van der Waals surface area contributed by atoms with Gasteiger partial charge in [-0.05, 0) is 25.7 Å². The maximum Gasteiger partial charge on any atom is 0.228 e. The zero-order chi connectivity index (χ0) is 15.9. The summed E-state index contributed by atoms with van der Waals surface area (Å²) >= 11 is 1.55. The third-order valence-corrected chi connectivity index (χ3v) is 6.53. The molecule has 0 N–H and O–H groups in total. The number of fused-ring (bicyclic) bond motifs is 4. The number of hydrogen-bond acceptors (Lipinski definition) is 5. The highest BCUT2D eigenvalue weighted by Crippen LogP contribution is 2.29. The lowest BCUT2D eigenvalue weighted by molar-refractivity contribution is -0.134. The monoisotopic (exact) mass is 343 g/mol. The molecular weight excluding hydrogens is 322 g/mol. The zero-order valence-corrected chi connectivity index (χ0v) is 14.5. The standard InChI is InChI=1S/C14H21N3O3S2/c1-10-15-12(9-21-10)5-14(18)17-7-11-3-4-13(17)8-16(6-11)22(2,19)20/h9,11,13H,3-8H2,1-2H3/t11-,13+/m0/s1. The summed E-state index contributed by atoms with van der Waals surface area (Å²) < 4.78 is 25.2. The van der Waals surface area contributed by atoms with E-state index >= 15 is 0 Å². The molecule has 0 aromatic carbocycles. The molecule has 2 atom stereocenters. The number of aromatic nitrogens is 1. The van der Waals surface area contributed by atoms with Crippen molar-refractivity contribution in [2.24, 2.45) is 5.92 Å². The highest BCUT2D eigenvalue weighted by Gasteiger charge is 2.39. The van der Waals surface area contributed by atoms with E-state index in [9.17, 15) is 13.2 Å². The molecule has 0 saturated carbocycles. The first-order chi connectivity index (χ1) is 10.3. The van der Waals surface area contributed by atoms with Crippen LogP contribution in [0.4, 0.5) is 0 Å². The van der Waals surface area contributed by atoms with Gasteiger partial charge in [-0.2, -0.15) is 4.31 Å². The SMILES string of the molecule is Cc1nc(CC(=O)N2C[C@H]3CC[C@@H]2CN(S(C)(=O)=O)C3)cs1. The average Bonchev–Trinajstić information content (AvgIpc) is 2.66. The number of thiazole rings is 1. The second kappa shape index (κ2) is 5.90. The van der Waals surface area contributed by atoms with Gasteiger partial charge in [-0.1, -0.05) is 0 Å². The number of aryl methyl sites for hydroxylation is 1. The van der Waals surface area contributed by atoms with Crippen molar-refractivity contribution in [1.82, 2.24) is 14.2 Å². The Morgan fingerprint density at radius 2 is 2.14 bits per heavy atom. The predicted octanol–water partition coefficient (Wildman–Crippen LogP) is 0.876. The van der Waals surface area contributed by atoms with E-state index in [2.05, 4.69) is 4.98 Å². The van der Waals surface area contributed by atoms with Crippen LogP contribution >= 0.6 is 11.3 Å². The Morgan fingerprint density at radius 1 is 1.36 bits per heavy atom. The van der Waals surface area contributed by atoms with Gasteiger partial charge in [0.1, 0.15) is 0 Å². The number of sulfonamides is 1. The van der Waals surface area contributed by atoms with Crippen LogP contribution in [0, 0.1) is 12.8 Å². The van der Waals surface area contributed by atoms with Crippen LogP contribution in [0.1, 0.15) is 23.5 Å². The molecule has 0 spiro atoms. The van der Waals surface area contributed by atoms with Gasteiger partial charge in [-0.15, -0.1) is 11.3 Å². The summed E-state index contributed by atoms with van der Waals surface area (Å²) in [5, 5.41) is 2.88. The summed E-state index contributed by atoms with van der Waals surface area (Å²) in [6, 6.07) is 0.000655. The van der Waals surface area contributed by atoms with Gasteiger partial charge in [0.25, 0.3) is 0 Å². The summed E-state index contributed by atoms with van der Waals surface area (Å²) in [6.45, 7) is 3.56. The van der Waals surface area contributed by atoms with Crippen molar-refractivity contribution in [3.8, 4) is 0 Å². The van der Waals surface area contributed by atoms with E-state index in [1.807, 2.05) is 17.2 Å². The summed E-state index contributed by atoms with van der Waals surface area (Å²) in [7, 11) is -3.20. The lowest BCUT2D eigenvalue weighted by Crippen LogP contribution is -2.48. The Morgan fingerprint density at radius 3 is 2.77 bits per heavy atom. The van der Waals surface area contributed by atoms with Crippen LogP contribution in [0.3, 0.4) is 0 Å². The molecule has 2 bridgehead atoms. The Kier molecular flexibility index (Phi) is 4.26. The molecule has 122 valence electrons. The van der Waals surface area contributed by atoms with Crippen LogP contribution in [-0.2, 0) is 21.2 Å². The van der Waals surface area contributed by atoms with Crippen LogP contribution in [0.25, 0.3) is 0 Å². The normalized spacial score (nSPS) is 26.2. The van der Waals surface area contributed by atoms with Gasteiger partial charge in [0, 0.05) is 31.1 Å². The summed E-state index contributed by atoms with van der Waals surface area (Å²) in [6.07, 6.45) is 3.45. The van der Waals surface area contributed by atoms with E-state index in [0.29, 0.717) is 26.1 Å². The molecule has 4 heterocycles. The fourth-order valence-electron chi connectivity index (χ4n) is 3.36. The van der Waals surface area contributed by atoms with Gasteiger partial charge in [0.15, 0.2) is 0 Å². The second-order valence-corrected chi connectivity index (χ2v) is 9.30. The first-order valence-corrected chi connectivity index (χ1v) is 10.2. The lowest BCUT2D eigenvalue weighted by Gasteiger charge is -2.36. The largest absolute Gasteiger partial charge is 0.338 e. The highest BCUT2D eigenvalue weighted by molar-refractivity contribution is 7.88. The van der Waals surface area contributed by atoms with Crippen molar-refractivity contribution in [3.63, 3.8) is 0 Å². The molecule has 0 aliphatic carbocycles. The van der Waals surface area contributed by atoms with Crippen LogP contribution in [0.2, 0.25) is 0 Å². The molecule has 22 heavy (non-hydrogen) atoms. The number of rotatable bonds is 3. The van der Waals surface area contributed by atoms with Crippen LogP contribution in [0.15, 0.2) is 5.38 Å². The number of hydrogen-bond donors (Lipinski definition) is 0. The Balaban J connectivity index is 1.74. The molecule has 3 aliphatic heterocycles. The number of carbonyl (C=O) groups excluding carboxylic acids is 1. The molecule has 0 radical (unpaired) electrons. The quantitative estimate of drug-likeness (QED) is 0.817. The number of nitrogens with zero attached hydrogens (tertiary/aromatic N) is 3. The minimum absolute atomic E-state index is 0.000655. The fraction of sp³-hybridized carbons (Fsp3) is 0.714. The van der Waals surface area contributed by atoms with Crippen LogP contribution < -0.4 is 0 Å². The molecule has 1 amide bonds. The lowest BCUT2D eigenvalue weighted by atomic mass is 9.94. The third-order valence-electron chi connectivity index (χ3n) is 4.47. The molecule has 3 saturated heterocycles. The Bertz CT molecular complexity index is 671. The highest BCUT2D eigenvalue weighted by atomic mass is 32.2.